The number of benzene rings is 1. The van der Waals surface area contributed by atoms with Crippen LogP contribution in [0.3, 0.4) is 0 Å². The molecular weight excluding hydrogens is 307 g/mol. The lowest BCUT2D eigenvalue weighted by Crippen LogP contribution is -2.08. The van der Waals surface area contributed by atoms with Crippen LogP contribution in [0.15, 0.2) is 29.2 Å². The molecule has 0 radical (unpaired) electrons. The van der Waals surface area contributed by atoms with E-state index in [1.165, 1.54) is 12.1 Å². The molecule has 0 N–H and O–H groups in total. The van der Waals surface area contributed by atoms with Gasteiger partial charge in [0, 0.05) is 0 Å². The first-order valence-corrected chi connectivity index (χ1v) is 8.78. The van der Waals surface area contributed by atoms with Gasteiger partial charge in [0.15, 0.2) is 0 Å². The fourth-order valence-corrected chi connectivity index (χ4v) is 3.18. The summed E-state index contributed by atoms with van der Waals surface area (Å²) in [5.74, 6) is 0. The predicted octanol–water partition coefficient (Wildman–Crippen LogP) is 2.81. The van der Waals surface area contributed by atoms with Gasteiger partial charge in [0.05, 0.1) is 18.1 Å². The SMILES string of the molecule is CCOP(=O)(OCC)OOS(=O)(=O)c1ccc(C)cc1. The van der Waals surface area contributed by atoms with Crippen molar-refractivity contribution >= 4 is 17.9 Å². The number of phosphoric ester groups is 1. The van der Waals surface area contributed by atoms with Gasteiger partial charge in [-0.3, -0.25) is 9.05 Å². The summed E-state index contributed by atoms with van der Waals surface area (Å²) >= 11 is 0. The van der Waals surface area contributed by atoms with E-state index in [0.717, 1.165) is 5.56 Å². The molecule has 9 heteroatoms. The molecule has 0 atom stereocenters. The minimum absolute atomic E-state index is 0.0191. The van der Waals surface area contributed by atoms with Gasteiger partial charge >= 0.3 is 17.9 Å². The molecule has 0 bridgehead atoms. The molecule has 0 amide bonds. The molecule has 7 nitrogen and oxygen atoms in total. The Morgan fingerprint density at radius 1 is 1.05 bits per heavy atom. The molecule has 0 aliphatic heterocycles. The zero-order valence-corrected chi connectivity index (χ0v) is 13.1. The van der Waals surface area contributed by atoms with Crippen LogP contribution in [0.5, 0.6) is 0 Å². The molecule has 114 valence electrons. The van der Waals surface area contributed by atoms with Crippen LogP contribution in [0.2, 0.25) is 0 Å². The van der Waals surface area contributed by atoms with Crippen molar-refractivity contribution in [2.24, 2.45) is 0 Å². The summed E-state index contributed by atoms with van der Waals surface area (Å²) in [6.45, 7) is 4.97. The second kappa shape index (κ2) is 7.31. The maximum absolute atomic E-state index is 11.9. The summed E-state index contributed by atoms with van der Waals surface area (Å²) < 4.78 is 53.7. The lowest BCUT2D eigenvalue weighted by Gasteiger charge is -2.14. The summed E-state index contributed by atoms with van der Waals surface area (Å²) in [7, 11) is -8.25. The van der Waals surface area contributed by atoms with Crippen LogP contribution in [-0.4, -0.2) is 21.6 Å². The van der Waals surface area contributed by atoms with Crippen molar-refractivity contribution in [3.8, 4) is 0 Å². The minimum atomic E-state index is -4.20. The van der Waals surface area contributed by atoms with Gasteiger partial charge in [-0.15, -0.1) is 4.67 Å². The minimum Gasteiger partial charge on any atom is -0.286 e. The molecule has 0 aliphatic rings. The van der Waals surface area contributed by atoms with Crippen molar-refractivity contribution in [3.05, 3.63) is 29.8 Å². The van der Waals surface area contributed by atoms with Gasteiger partial charge < -0.3 is 0 Å². The van der Waals surface area contributed by atoms with Crippen molar-refractivity contribution in [1.82, 2.24) is 0 Å². The number of hydrogen-bond acceptors (Lipinski definition) is 7. The molecule has 0 fully saturated rings. The molecule has 0 saturated heterocycles. The van der Waals surface area contributed by atoms with Gasteiger partial charge in [-0.1, -0.05) is 22.0 Å². The average molecular weight is 324 g/mol. The van der Waals surface area contributed by atoms with Crippen LogP contribution in [0.1, 0.15) is 19.4 Å². The lowest BCUT2D eigenvalue weighted by molar-refractivity contribution is -0.125. The van der Waals surface area contributed by atoms with Gasteiger partial charge in [0.25, 0.3) is 0 Å². The third-order valence-electron chi connectivity index (χ3n) is 2.10. The van der Waals surface area contributed by atoms with Crippen LogP contribution in [0, 0.1) is 6.92 Å². The van der Waals surface area contributed by atoms with Crippen LogP contribution in [0.25, 0.3) is 0 Å². The first-order chi connectivity index (χ1) is 9.33. The summed E-state index contributed by atoms with van der Waals surface area (Å²) in [6, 6.07) is 5.89. The van der Waals surface area contributed by atoms with Crippen LogP contribution in [0.4, 0.5) is 0 Å². The first kappa shape index (κ1) is 17.3. The molecule has 20 heavy (non-hydrogen) atoms. The summed E-state index contributed by atoms with van der Waals surface area (Å²) in [6.07, 6.45) is 0. The Labute approximate surface area is 118 Å². The van der Waals surface area contributed by atoms with Crippen molar-refractivity contribution in [2.75, 3.05) is 13.2 Å². The van der Waals surface area contributed by atoms with Crippen molar-refractivity contribution < 1.29 is 31.0 Å². The standard InChI is InChI=1S/C11H17O7PS/c1-4-15-19(12,16-5-2)17-18-20(13,14)11-8-6-10(3)7-9-11/h6-9H,4-5H2,1-3H3. The third-order valence-corrected chi connectivity index (χ3v) is 4.70. The Morgan fingerprint density at radius 3 is 2.00 bits per heavy atom. The number of rotatable bonds is 8. The van der Waals surface area contributed by atoms with Gasteiger partial charge in [-0.05, 0) is 32.9 Å². The lowest BCUT2D eigenvalue weighted by atomic mass is 10.2. The van der Waals surface area contributed by atoms with E-state index in [4.69, 9.17) is 9.05 Å². The Balaban J connectivity index is 2.81. The van der Waals surface area contributed by atoms with Gasteiger partial charge in [0.2, 0.25) is 0 Å². The Morgan fingerprint density at radius 2 is 1.55 bits per heavy atom. The quantitative estimate of drug-likeness (QED) is 0.413. The van der Waals surface area contributed by atoms with Gasteiger partial charge in [0.1, 0.15) is 0 Å². The van der Waals surface area contributed by atoms with E-state index in [2.05, 4.69) is 9.01 Å². The first-order valence-electron chi connectivity index (χ1n) is 5.91. The zero-order chi connectivity index (χ0) is 15.2. The monoisotopic (exact) mass is 324 g/mol. The molecule has 1 rings (SSSR count). The van der Waals surface area contributed by atoms with E-state index in [0.29, 0.717) is 0 Å². The average Bonchev–Trinajstić information content (AvgIpc) is 2.38. The molecule has 0 heterocycles. The van der Waals surface area contributed by atoms with Crippen LogP contribution < -0.4 is 0 Å². The molecule has 0 unspecified atom stereocenters. The van der Waals surface area contributed by atoms with E-state index < -0.39 is 17.9 Å². The van der Waals surface area contributed by atoms with E-state index in [9.17, 15) is 13.0 Å². The highest BCUT2D eigenvalue weighted by atomic mass is 32.2. The van der Waals surface area contributed by atoms with Crippen LogP contribution in [-0.2, 0) is 32.7 Å². The van der Waals surface area contributed by atoms with E-state index in [-0.39, 0.29) is 18.1 Å². The number of hydrogen-bond donors (Lipinski definition) is 0. The molecule has 0 saturated carbocycles. The highest BCUT2D eigenvalue weighted by molar-refractivity contribution is 7.86. The summed E-state index contributed by atoms with van der Waals surface area (Å²) in [5.41, 5.74) is 0.888. The molecule has 0 spiro atoms. The van der Waals surface area contributed by atoms with Crippen molar-refractivity contribution in [2.45, 2.75) is 25.7 Å². The normalized spacial score (nSPS) is 12.6. The third kappa shape index (κ3) is 4.97. The van der Waals surface area contributed by atoms with E-state index in [1.54, 1.807) is 26.0 Å². The van der Waals surface area contributed by atoms with Crippen LogP contribution >= 0.6 is 7.82 Å². The molecular formula is C11H17O7PS. The smallest absolute Gasteiger partial charge is 0.286 e. The Hall–Kier alpha value is -0.760. The maximum Gasteiger partial charge on any atom is 0.503 e. The highest BCUT2D eigenvalue weighted by Gasteiger charge is 2.31. The summed E-state index contributed by atoms with van der Waals surface area (Å²) in [5, 5.41) is 0. The van der Waals surface area contributed by atoms with Crippen molar-refractivity contribution in [3.63, 3.8) is 0 Å². The molecule has 0 aliphatic carbocycles. The second-order valence-corrected chi connectivity index (χ2v) is 6.77. The fourth-order valence-electron chi connectivity index (χ4n) is 1.22. The Bertz CT molecular complexity index is 557. The second-order valence-electron chi connectivity index (χ2n) is 3.69. The van der Waals surface area contributed by atoms with E-state index >= 15 is 0 Å². The predicted molar refractivity (Wildman–Crippen MR) is 71.4 cm³/mol. The molecule has 1 aromatic rings. The largest absolute Gasteiger partial charge is 0.503 e. The van der Waals surface area contributed by atoms with Gasteiger partial charge in [-0.25, -0.2) is 4.57 Å². The topological polar surface area (TPSA) is 88.1 Å². The number of aryl methyl sites for hydroxylation is 1. The summed E-state index contributed by atoms with van der Waals surface area (Å²) in [4.78, 5) is -0.123. The molecule has 0 aromatic heterocycles. The number of phosphoric acid groups is 1. The fraction of sp³-hybridized carbons (Fsp3) is 0.455. The van der Waals surface area contributed by atoms with E-state index in [1.807, 2.05) is 6.92 Å². The van der Waals surface area contributed by atoms with Crippen molar-refractivity contribution in [1.29, 1.82) is 0 Å². The maximum atomic E-state index is 11.9. The highest BCUT2D eigenvalue weighted by Crippen LogP contribution is 2.50. The van der Waals surface area contributed by atoms with Gasteiger partial charge in [-0.2, -0.15) is 8.42 Å². The zero-order valence-electron chi connectivity index (χ0n) is 11.4. The Kier molecular flexibility index (Phi) is 6.32. The molecule has 1 aromatic carbocycles.